The van der Waals surface area contributed by atoms with E-state index in [0.29, 0.717) is 16.5 Å². The molecular formula is C17H12N2O5. The van der Waals surface area contributed by atoms with Crippen LogP contribution in [0, 0.1) is 10.1 Å². The normalized spacial score (nSPS) is 10.7. The van der Waals surface area contributed by atoms with Gasteiger partial charge in [-0.25, -0.2) is 4.79 Å². The number of non-ortho nitro benzene ring substituents is 1. The minimum Gasteiger partial charge on any atom is -0.478 e. The third-order valence-electron chi connectivity index (χ3n) is 3.70. The van der Waals surface area contributed by atoms with Crippen LogP contribution in [0.1, 0.15) is 15.9 Å². The molecule has 0 amide bonds. The summed E-state index contributed by atoms with van der Waals surface area (Å²) in [6.45, 7) is 0.176. The monoisotopic (exact) mass is 324 g/mol. The minimum absolute atomic E-state index is 0.0550. The molecule has 1 aromatic heterocycles. The fourth-order valence-electron chi connectivity index (χ4n) is 2.55. The molecule has 0 bridgehead atoms. The third kappa shape index (κ3) is 2.87. The molecule has 0 spiro atoms. The summed E-state index contributed by atoms with van der Waals surface area (Å²) in [4.78, 5) is 33.6. The van der Waals surface area contributed by atoms with Gasteiger partial charge < -0.3 is 9.67 Å². The second-order valence-corrected chi connectivity index (χ2v) is 5.26. The van der Waals surface area contributed by atoms with Crippen molar-refractivity contribution in [3.8, 4) is 0 Å². The summed E-state index contributed by atoms with van der Waals surface area (Å²) in [5.41, 5.74) is 1.02. The van der Waals surface area contributed by atoms with E-state index in [0.717, 1.165) is 0 Å². The van der Waals surface area contributed by atoms with Crippen LogP contribution in [0.25, 0.3) is 10.9 Å². The molecule has 0 aliphatic rings. The van der Waals surface area contributed by atoms with Gasteiger partial charge in [-0.1, -0.05) is 12.1 Å². The highest BCUT2D eigenvalue weighted by Crippen LogP contribution is 2.20. The number of nitrogens with zero attached hydrogens (tertiary/aromatic N) is 2. The highest BCUT2D eigenvalue weighted by atomic mass is 16.6. The van der Waals surface area contributed by atoms with Gasteiger partial charge in [0.2, 0.25) is 0 Å². The molecule has 1 heterocycles. The summed E-state index contributed by atoms with van der Waals surface area (Å²) in [6, 6.07) is 13.5. The Hall–Kier alpha value is -3.48. The fourth-order valence-corrected chi connectivity index (χ4v) is 2.55. The van der Waals surface area contributed by atoms with Gasteiger partial charge in [0.05, 0.1) is 22.5 Å². The summed E-state index contributed by atoms with van der Waals surface area (Å²) in [6.07, 6.45) is 0. The Morgan fingerprint density at radius 2 is 1.92 bits per heavy atom. The van der Waals surface area contributed by atoms with Crippen molar-refractivity contribution in [2.24, 2.45) is 0 Å². The highest BCUT2D eigenvalue weighted by Gasteiger charge is 2.10. The van der Waals surface area contributed by atoms with Crippen LogP contribution < -0.4 is 5.56 Å². The Bertz CT molecular complexity index is 1020. The molecular weight excluding hydrogens is 312 g/mol. The maximum absolute atomic E-state index is 12.2. The van der Waals surface area contributed by atoms with Gasteiger partial charge in [0.1, 0.15) is 0 Å². The molecule has 2 aromatic carbocycles. The van der Waals surface area contributed by atoms with Crippen molar-refractivity contribution >= 4 is 22.6 Å². The number of pyridine rings is 1. The van der Waals surface area contributed by atoms with Crippen LogP contribution >= 0.6 is 0 Å². The van der Waals surface area contributed by atoms with Crippen molar-refractivity contribution in [3.63, 3.8) is 0 Å². The maximum atomic E-state index is 12.2. The van der Waals surface area contributed by atoms with E-state index in [9.17, 15) is 19.7 Å². The molecule has 120 valence electrons. The van der Waals surface area contributed by atoms with Crippen LogP contribution in [0.3, 0.4) is 0 Å². The van der Waals surface area contributed by atoms with Crippen LogP contribution in [0.4, 0.5) is 5.69 Å². The number of carbonyl (C=O) groups is 1. The average molecular weight is 324 g/mol. The number of hydrogen-bond donors (Lipinski definition) is 1. The van der Waals surface area contributed by atoms with Gasteiger partial charge in [-0.05, 0) is 29.8 Å². The summed E-state index contributed by atoms with van der Waals surface area (Å²) >= 11 is 0. The van der Waals surface area contributed by atoms with E-state index in [1.54, 1.807) is 12.1 Å². The second kappa shape index (κ2) is 5.96. The molecule has 0 aliphatic heterocycles. The number of carboxylic acid groups (broad SMARTS) is 1. The Labute approximate surface area is 135 Å². The van der Waals surface area contributed by atoms with Crippen LogP contribution in [-0.2, 0) is 6.54 Å². The van der Waals surface area contributed by atoms with Crippen molar-refractivity contribution < 1.29 is 14.8 Å². The molecule has 0 atom stereocenters. The lowest BCUT2D eigenvalue weighted by Crippen LogP contribution is -2.20. The predicted molar refractivity (Wildman–Crippen MR) is 87.4 cm³/mol. The van der Waals surface area contributed by atoms with E-state index in [-0.39, 0.29) is 23.4 Å². The molecule has 7 nitrogen and oxygen atoms in total. The molecule has 0 aliphatic carbocycles. The lowest BCUT2D eigenvalue weighted by atomic mass is 10.1. The quantitative estimate of drug-likeness (QED) is 0.587. The average Bonchev–Trinajstić information content (AvgIpc) is 2.57. The van der Waals surface area contributed by atoms with E-state index >= 15 is 0 Å². The van der Waals surface area contributed by atoms with Crippen molar-refractivity contribution in [1.29, 1.82) is 0 Å². The largest absolute Gasteiger partial charge is 0.478 e. The number of benzene rings is 2. The van der Waals surface area contributed by atoms with Crippen molar-refractivity contribution in [3.05, 3.63) is 86.2 Å². The highest BCUT2D eigenvalue weighted by molar-refractivity contribution is 5.87. The first-order valence-electron chi connectivity index (χ1n) is 7.06. The van der Waals surface area contributed by atoms with E-state index in [1.807, 2.05) is 0 Å². The van der Waals surface area contributed by atoms with E-state index in [4.69, 9.17) is 5.11 Å². The zero-order valence-corrected chi connectivity index (χ0v) is 12.4. The molecule has 0 saturated carbocycles. The summed E-state index contributed by atoms with van der Waals surface area (Å²) < 4.78 is 1.46. The third-order valence-corrected chi connectivity index (χ3v) is 3.70. The van der Waals surface area contributed by atoms with Gasteiger partial charge in [0.15, 0.2) is 0 Å². The Balaban J connectivity index is 2.10. The van der Waals surface area contributed by atoms with Crippen LogP contribution in [0.2, 0.25) is 0 Å². The first-order valence-corrected chi connectivity index (χ1v) is 7.06. The molecule has 3 rings (SSSR count). The van der Waals surface area contributed by atoms with Gasteiger partial charge in [0, 0.05) is 23.6 Å². The SMILES string of the molecule is O=C(O)c1cccc(Cn2c(=O)ccc3cc([N+](=O)[O-])ccc32)c1. The zero-order chi connectivity index (χ0) is 17.3. The van der Waals surface area contributed by atoms with E-state index in [1.165, 1.54) is 47.0 Å². The number of rotatable bonds is 4. The van der Waals surface area contributed by atoms with Crippen molar-refractivity contribution in [2.75, 3.05) is 0 Å². The van der Waals surface area contributed by atoms with Crippen molar-refractivity contribution in [1.82, 2.24) is 4.57 Å². The Morgan fingerprint density at radius 3 is 2.62 bits per heavy atom. The number of carboxylic acids is 1. The lowest BCUT2D eigenvalue weighted by Gasteiger charge is -2.10. The van der Waals surface area contributed by atoms with Gasteiger partial charge in [-0.2, -0.15) is 0 Å². The van der Waals surface area contributed by atoms with Crippen LogP contribution in [0.5, 0.6) is 0 Å². The summed E-state index contributed by atoms with van der Waals surface area (Å²) in [5, 5.41) is 20.5. The number of fused-ring (bicyclic) bond motifs is 1. The molecule has 3 aromatic rings. The van der Waals surface area contributed by atoms with Gasteiger partial charge in [0.25, 0.3) is 11.2 Å². The van der Waals surface area contributed by atoms with Crippen molar-refractivity contribution in [2.45, 2.75) is 6.54 Å². The molecule has 0 fully saturated rings. The lowest BCUT2D eigenvalue weighted by molar-refractivity contribution is -0.384. The molecule has 24 heavy (non-hydrogen) atoms. The summed E-state index contributed by atoms with van der Waals surface area (Å²) in [5.74, 6) is -1.04. The van der Waals surface area contributed by atoms with E-state index < -0.39 is 10.9 Å². The maximum Gasteiger partial charge on any atom is 0.335 e. The standard InChI is InChI=1S/C17H12N2O5/c20-16-7-4-12-9-14(19(23)24)5-6-15(12)18(16)10-11-2-1-3-13(8-11)17(21)22/h1-9H,10H2,(H,21,22). The van der Waals surface area contributed by atoms with E-state index in [2.05, 4.69) is 0 Å². The number of nitro groups is 1. The number of aromatic nitrogens is 1. The zero-order valence-electron chi connectivity index (χ0n) is 12.4. The number of hydrogen-bond acceptors (Lipinski definition) is 4. The molecule has 0 saturated heterocycles. The first kappa shape index (κ1) is 15.4. The first-order chi connectivity index (χ1) is 11.5. The predicted octanol–water partition coefficient (Wildman–Crippen LogP) is 2.66. The second-order valence-electron chi connectivity index (χ2n) is 5.26. The number of aromatic carboxylic acids is 1. The van der Waals surface area contributed by atoms with Gasteiger partial charge in [-0.3, -0.25) is 14.9 Å². The topological polar surface area (TPSA) is 102 Å². The summed E-state index contributed by atoms with van der Waals surface area (Å²) in [7, 11) is 0. The molecule has 7 heteroatoms. The fraction of sp³-hybridized carbons (Fsp3) is 0.0588. The number of nitro benzene ring substituents is 1. The molecule has 1 N–H and O–H groups in total. The van der Waals surface area contributed by atoms with Gasteiger partial charge in [-0.15, -0.1) is 0 Å². The minimum atomic E-state index is -1.04. The molecule has 0 unspecified atom stereocenters. The van der Waals surface area contributed by atoms with Gasteiger partial charge >= 0.3 is 5.97 Å². The van der Waals surface area contributed by atoms with Crippen LogP contribution in [0.15, 0.2) is 59.4 Å². The smallest absolute Gasteiger partial charge is 0.335 e. The Morgan fingerprint density at radius 1 is 1.12 bits per heavy atom. The molecule has 0 radical (unpaired) electrons. The van der Waals surface area contributed by atoms with Crippen LogP contribution in [-0.4, -0.2) is 20.6 Å². The Kier molecular flexibility index (Phi) is 3.83.